The Bertz CT molecular complexity index is 676. The summed E-state index contributed by atoms with van der Waals surface area (Å²) in [5.41, 5.74) is 3.34. The summed E-state index contributed by atoms with van der Waals surface area (Å²) in [6.07, 6.45) is 1.80. The predicted molar refractivity (Wildman–Crippen MR) is 80.8 cm³/mol. The van der Waals surface area contributed by atoms with Gasteiger partial charge in [-0.15, -0.1) is 0 Å². The normalized spacial score (nSPS) is 11.0. The maximum absolute atomic E-state index is 4.32. The number of H-pyrrole nitrogens is 1. The van der Waals surface area contributed by atoms with Crippen molar-refractivity contribution in [2.24, 2.45) is 0 Å². The van der Waals surface area contributed by atoms with Gasteiger partial charge in [-0.1, -0.05) is 30.3 Å². The van der Waals surface area contributed by atoms with Gasteiger partial charge in [-0.05, 0) is 33.6 Å². The summed E-state index contributed by atoms with van der Waals surface area (Å²) in [5.74, 6) is 0. The van der Waals surface area contributed by atoms with Crippen LogP contribution in [0.3, 0.4) is 0 Å². The lowest BCUT2D eigenvalue weighted by Gasteiger charge is -2.04. The van der Waals surface area contributed by atoms with Gasteiger partial charge in [-0.3, -0.25) is 0 Å². The third-order valence-electron chi connectivity index (χ3n) is 3.05. The zero-order valence-corrected chi connectivity index (χ0v) is 11.9. The molecule has 4 heteroatoms. The van der Waals surface area contributed by atoms with Crippen molar-refractivity contribution in [3.05, 3.63) is 64.4 Å². The van der Waals surface area contributed by atoms with E-state index in [-0.39, 0.29) is 0 Å². The minimum Gasteiger partial charge on any atom is -0.341 e. The average molecular weight is 316 g/mol. The third kappa shape index (κ3) is 2.69. The number of aromatic amines is 1. The molecule has 0 spiro atoms. The molecule has 2 aromatic heterocycles. The van der Waals surface area contributed by atoms with E-state index in [4.69, 9.17) is 0 Å². The van der Waals surface area contributed by atoms with Crippen LogP contribution in [0, 0.1) is 0 Å². The number of benzene rings is 1. The molecule has 2 N–H and O–H groups in total. The predicted octanol–water partition coefficient (Wildman–Crippen LogP) is 3.62. The number of fused-ring (bicyclic) bond motifs is 1. The first-order chi connectivity index (χ1) is 9.34. The fourth-order valence-corrected chi connectivity index (χ4v) is 2.65. The molecular weight excluding hydrogens is 302 g/mol. The lowest BCUT2D eigenvalue weighted by atomic mass is 10.2. The maximum Gasteiger partial charge on any atom is 0.138 e. The molecule has 0 aliphatic heterocycles. The van der Waals surface area contributed by atoms with E-state index in [1.165, 1.54) is 5.56 Å². The molecule has 0 atom stereocenters. The Kier molecular flexibility index (Phi) is 3.62. The summed E-state index contributed by atoms with van der Waals surface area (Å²) in [7, 11) is 0. The Morgan fingerprint density at radius 3 is 2.68 bits per heavy atom. The van der Waals surface area contributed by atoms with Gasteiger partial charge in [0.1, 0.15) is 5.65 Å². The molecule has 96 valence electrons. The van der Waals surface area contributed by atoms with Crippen LogP contribution in [0.1, 0.15) is 11.3 Å². The first kappa shape index (κ1) is 12.4. The monoisotopic (exact) mass is 315 g/mol. The second kappa shape index (κ2) is 5.55. The van der Waals surface area contributed by atoms with Crippen LogP contribution in [0.15, 0.2) is 53.1 Å². The molecule has 0 fully saturated rings. The van der Waals surface area contributed by atoms with Crippen LogP contribution in [-0.2, 0) is 13.1 Å². The SMILES string of the molecule is Brc1c(CNCc2ccccc2)[nH]c2ncccc12. The molecule has 0 radical (unpaired) electrons. The van der Waals surface area contributed by atoms with Crippen LogP contribution in [0.25, 0.3) is 11.0 Å². The van der Waals surface area contributed by atoms with Gasteiger partial charge in [0.2, 0.25) is 0 Å². The van der Waals surface area contributed by atoms with Crippen LogP contribution in [0.5, 0.6) is 0 Å². The number of nitrogens with zero attached hydrogens (tertiary/aromatic N) is 1. The molecule has 1 aromatic carbocycles. The third-order valence-corrected chi connectivity index (χ3v) is 3.96. The van der Waals surface area contributed by atoms with E-state index >= 15 is 0 Å². The molecule has 3 aromatic rings. The van der Waals surface area contributed by atoms with Gasteiger partial charge in [-0.25, -0.2) is 4.98 Å². The highest BCUT2D eigenvalue weighted by molar-refractivity contribution is 9.10. The summed E-state index contributed by atoms with van der Waals surface area (Å²) in [4.78, 5) is 7.65. The zero-order valence-electron chi connectivity index (χ0n) is 10.4. The standard InChI is InChI=1S/C15H14BrN3/c16-14-12-7-4-8-18-15(12)19-13(14)10-17-9-11-5-2-1-3-6-11/h1-8,17H,9-10H2,(H,18,19). The van der Waals surface area contributed by atoms with E-state index in [1.54, 1.807) is 6.20 Å². The van der Waals surface area contributed by atoms with Gasteiger partial charge >= 0.3 is 0 Å². The van der Waals surface area contributed by atoms with Crippen molar-refractivity contribution in [2.45, 2.75) is 13.1 Å². The van der Waals surface area contributed by atoms with Crippen molar-refractivity contribution < 1.29 is 0 Å². The van der Waals surface area contributed by atoms with Crippen molar-refractivity contribution in [2.75, 3.05) is 0 Å². The summed E-state index contributed by atoms with van der Waals surface area (Å²) >= 11 is 3.63. The van der Waals surface area contributed by atoms with Gasteiger partial charge in [0.15, 0.2) is 0 Å². The first-order valence-electron chi connectivity index (χ1n) is 6.20. The lowest BCUT2D eigenvalue weighted by molar-refractivity contribution is 0.681. The molecule has 0 saturated heterocycles. The summed E-state index contributed by atoms with van der Waals surface area (Å²) in [6, 6.07) is 14.4. The molecule has 2 heterocycles. The minimum absolute atomic E-state index is 0.784. The van der Waals surface area contributed by atoms with Gasteiger partial charge < -0.3 is 10.3 Å². The van der Waals surface area contributed by atoms with Crippen LogP contribution < -0.4 is 5.32 Å². The van der Waals surface area contributed by atoms with Crippen molar-refractivity contribution in [1.82, 2.24) is 15.3 Å². The average Bonchev–Trinajstić information content (AvgIpc) is 2.78. The van der Waals surface area contributed by atoms with E-state index in [1.807, 2.05) is 12.1 Å². The van der Waals surface area contributed by atoms with Crippen LogP contribution >= 0.6 is 15.9 Å². The van der Waals surface area contributed by atoms with Crippen molar-refractivity contribution in [1.29, 1.82) is 0 Å². The summed E-state index contributed by atoms with van der Waals surface area (Å²) < 4.78 is 1.09. The summed E-state index contributed by atoms with van der Waals surface area (Å²) in [6.45, 7) is 1.64. The Labute approximate surface area is 120 Å². The first-order valence-corrected chi connectivity index (χ1v) is 6.99. The van der Waals surface area contributed by atoms with Crippen molar-refractivity contribution in [3.63, 3.8) is 0 Å². The molecule has 3 nitrogen and oxygen atoms in total. The Balaban J connectivity index is 1.70. The molecule has 0 amide bonds. The molecule has 19 heavy (non-hydrogen) atoms. The van der Waals surface area contributed by atoms with E-state index in [2.05, 4.69) is 61.5 Å². The highest BCUT2D eigenvalue weighted by Gasteiger charge is 2.08. The number of halogens is 1. The second-order valence-corrected chi connectivity index (χ2v) is 5.20. The minimum atomic E-state index is 0.784. The number of hydrogen-bond donors (Lipinski definition) is 2. The largest absolute Gasteiger partial charge is 0.341 e. The van der Waals surface area contributed by atoms with Crippen molar-refractivity contribution in [3.8, 4) is 0 Å². The second-order valence-electron chi connectivity index (χ2n) is 4.41. The molecule has 0 unspecified atom stereocenters. The van der Waals surface area contributed by atoms with Gasteiger partial charge in [0.05, 0.1) is 0 Å². The molecule has 0 aliphatic rings. The topological polar surface area (TPSA) is 40.7 Å². The fourth-order valence-electron chi connectivity index (χ4n) is 2.09. The van der Waals surface area contributed by atoms with E-state index in [0.29, 0.717) is 0 Å². The lowest BCUT2D eigenvalue weighted by Crippen LogP contribution is -2.13. The molecular formula is C15H14BrN3. The van der Waals surface area contributed by atoms with E-state index in [0.717, 1.165) is 34.3 Å². The highest BCUT2D eigenvalue weighted by atomic mass is 79.9. The number of pyridine rings is 1. The molecule has 0 aliphatic carbocycles. The van der Waals surface area contributed by atoms with E-state index in [9.17, 15) is 0 Å². The maximum atomic E-state index is 4.32. The van der Waals surface area contributed by atoms with Crippen molar-refractivity contribution >= 4 is 27.0 Å². The number of nitrogens with one attached hydrogen (secondary N) is 2. The van der Waals surface area contributed by atoms with Gasteiger partial charge in [-0.2, -0.15) is 0 Å². The van der Waals surface area contributed by atoms with Gasteiger partial charge in [0, 0.05) is 34.8 Å². The van der Waals surface area contributed by atoms with Crippen LogP contribution in [-0.4, -0.2) is 9.97 Å². The molecule has 0 bridgehead atoms. The van der Waals surface area contributed by atoms with Crippen LogP contribution in [0.2, 0.25) is 0 Å². The Hall–Kier alpha value is -1.65. The number of hydrogen-bond acceptors (Lipinski definition) is 2. The number of rotatable bonds is 4. The summed E-state index contributed by atoms with van der Waals surface area (Å²) in [5, 5.41) is 4.55. The quantitative estimate of drug-likeness (QED) is 0.772. The molecule has 0 saturated carbocycles. The smallest absolute Gasteiger partial charge is 0.138 e. The van der Waals surface area contributed by atoms with Gasteiger partial charge in [0.25, 0.3) is 0 Å². The Morgan fingerprint density at radius 2 is 1.89 bits per heavy atom. The Morgan fingerprint density at radius 1 is 1.05 bits per heavy atom. The van der Waals surface area contributed by atoms with E-state index < -0.39 is 0 Å². The molecule has 3 rings (SSSR count). The highest BCUT2D eigenvalue weighted by Crippen LogP contribution is 2.26. The van der Waals surface area contributed by atoms with Crippen LogP contribution in [0.4, 0.5) is 0 Å². The fraction of sp³-hybridized carbons (Fsp3) is 0.133. The number of aromatic nitrogens is 2. The zero-order chi connectivity index (χ0) is 13.1.